The summed E-state index contributed by atoms with van der Waals surface area (Å²) in [5.74, 6) is 0.115. The van der Waals surface area contributed by atoms with Gasteiger partial charge in [0.1, 0.15) is 24.1 Å². The van der Waals surface area contributed by atoms with E-state index in [2.05, 4.69) is 5.32 Å². The minimum Gasteiger partial charge on any atom is -0.497 e. The van der Waals surface area contributed by atoms with Gasteiger partial charge in [-0.25, -0.2) is 8.42 Å². The first kappa shape index (κ1) is 32.5. The molecule has 0 aliphatic heterocycles. The van der Waals surface area contributed by atoms with Crippen LogP contribution >= 0.6 is 0 Å². The van der Waals surface area contributed by atoms with Gasteiger partial charge in [-0.3, -0.25) is 13.9 Å². The van der Waals surface area contributed by atoms with Crippen LogP contribution in [-0.2, 0) is 26.2 Å². The molecule has 2 amide bonds. The van der Waals surface area contributed by atoms with Crippen LogP contribution in [0.1, 0.15) is 44.7 Å². The summed E-state index contributed by atoms with van der Waals surface area (Å²) in [5.41, 5.74) is 1.88. The Balaban J connectivity index is 2.11. The maximum Gasteiger partial charge on any atom is 0.264 e. The van der Waals surface area contributed by atoms with Gasteiger partial charge in [-0.1, -0.05) is 55.8 Å². The normalized spacial score (nSPS) is 11.8. The number of nitrogens with zero attached hydrogens (tertiary/aromatic N) is 2. The second-order valence-electron chi connectivity index (χ2n) is 9.81. The van der Waals surface area contributed by atoms with Gasteiger partial charge in [0.2, 0.25) is 11.8 Å². The zero-order valence-electron chi connectivity index (χ0n) is 25.0. The molecular formula is C32H41N3O6S. The summed E-state index contributed by atoms with van der Waals surface area (Å²) >= 11 is 0. The smallest absolute Gasteiger partial charge is 0.264 e. The van der Waals surface area contributed by atoms with E-state index in [0.29, 0.717) is 31.1 Å². The van der Waals surface area contributed by atoms with E-state index in [1.54, 1.807) is 68.6 Å². The topological polar surface area (TPSA) is 105 Å². The molecule has 0 aromatic heterocycles. The van der Waals surface area contributed by atoms with E-state index < -0.39 is 28.5 Å². The van der Waals surface area contributed by atoms with Crippen LogP contribution in [0.3, 0.4) is 0 Å². The fraction of sp³-hybridized carbons (Fsp3) is 0.375. The number of aryl methyl sites for hydroxylation is 1. The first-order valence-electron chi connectivity index (χ1n) is 14.2. The summed E-state index contributed by atoms with van der Waals surface area (Å²) in [6.45, 7) is 7.76. The van der Waals surface area contributed by atoms with E-state index in [-0.39, 0.29) is 23.0 Å². The number of carbonyl (C=O) groups excluding carboxylic acids is 2. The fourth-order valence-corrected chi connectivity index (χ4v) is 5.97. The Morgan fingerprint density at radius 2 is 1.67 bits per heavy atom. The molecule has 3 rings (SSSR count). The summed E-state index contributed by atoms with van der Waals surface area (Å²) in [6.07, 6.45) is 1.08. The number of methoxy groups -OCH3 is 1. The molecule has 0 saturated carbocycles. The van der Waals surface area contributed by atoms with Crippen LogP contribution in [0.2, 0.25) is 0 Å². The third kappa shape index (κ3) is 8.03. The third-order valence-corrected chi connectivity index (χ3v) is 8.52. The molecule has 0 radical (unpaired) electrons. The molecule has 3 aromatic rings. The van der Waals surface area contributed by atoms with Crippen molar-refractivity contribution < 1.29 is 27.5 Å². The standard InChI is InChI=1S/C32H41N3O6S/c1-6-20-33-32(37)28(7-2)34(22-25-12-11-13-26(21-25)40-5)31(36)23-35(29-14-9-10-15-30(29)41-8-3)42(38,39)27-18-16-24(4)17-19-27/h9-19,21,28H,6-8,20,22-23H2,1-5H3,(H,33,37)/t28-/m1/s1. The highest BCUT2D eigenvalue weighted by Gasteiger charge is 2.34. The quantitative estimate of drug-likeness (QED) is 0.267. The van der Waals surface area contributed by atoms with Crippen molar-refractivity contribution in [1.82, 2.24) is 10.2 Å². The van der Waals surface area contributed by atoms with E-state index in [1.165, 1.54) is 17.0 Å². The first-order chi connectivity index (χ1) is 20.2. The van der Waals surface area contributed by atoms with E-state index in [9.17, 15) is 18.0 Å². The van der Waals surface area contributed by atoms with Crippen LogP contribution in [0, 0.1) is 6.92 Å². The van der Waals surface area contributed by atoms with Crippen molar-refractivity contribution in [3.8, 4) is 11.5 Å². The molecule has 0 aliphatic rings. The van der Waals surface area contributed by atoms with Gasteiger partial charge in [-0.05, 0) is 68.7 Å². The predicted octanol–water partition coefficient (Wildman–Crippen LogP) is 4.93. The Hall–Kier alpha value is -4.05. The molecule has 226 valence electrons. The number of para-hydroxylation sites is 2. The molecule has 0 aliphatic carbocycles. The highest BCUT2D eigenvalue weighted by Crippen LogP contribution is 2.33. The summed E-state index contributed by atoms with van der Waals surface area (Å²) in [4.78, 5) is 29.0. The maximum absolute atomic E-state index is 14.2. The van der Waals surface area contributed by atoms with Crippen molar-refractivity contribution in [3.63, 3.8) is 0 Å². The fourth-order valence-electron chi connectivity index (χ4n) is 4.54. The number of hydrogen-bond acceptors (Lipinski definition) is 6. The van der Waals surface area contributed by atoms with Crippen LogP contribution in [0.25, 0.3) is 0 Å². The number of anilines is 1. The van der Waals surface area contributed by atoms with Gasteiger partial charge in [0.15, 0.2) is 0 Å². The van der Waals surface area contributed by atoms with Crippen LogP contribution in [0.5, 0.6) is 11.5 Å². The summed E-state index contributed by atoms with van der Waals surface area (Å²) in [6, 6.07) is 19.6. The van der Waals surface area contributed by atoms with Gasteiger partial charge in [-0.15, -0.1) is 0 Å². The van der Waals surface area contributed by atoms with Crippen LogP contribution < -0.4 is 19.1 Å². The molecule has 0 saturated heterocycles. The number of nitrogens with one attached hydrogen (secondary N) is 1. The van der Waals surface area contributed by atoms with Crippen LogP contribution in [0.4, 0.5) is 5.69 Å². The number of ether oxygens (including phenoxy) is 2. The molecule has 3 aromatic carbocycles. The Bertz CT molecular complexity index is 1440. The van der Waals surface area contributed by atoms with Gasteiger partial charge >= 0.3 is 0 Å². The zero-order valence-corrected chi connectivity index (χ0v) is 25.8. The number of carbonyl (C=O) groups is 2. The maximum atomic E-state index is 14.2. The van der Waals surface area contributed by atoms with Gasteiger partial charge in [0.05, 0.1) is 24.3 Å². The average Bonchev–Trinajstić information content (AvgIpc) is 2.99. The molecular weight excluding hydrogens is 554 g/mol. The SMILES string of the molecule is CCCNC(=O)[C@@H](CC)N(Cc1cccc(OC)c1)C(=O)CN(c1ccccc1OCC)S(=O)(=O)c1ccc(C)cc1. The Morgan fingerprint density at radius 1 is 0.952 bits per heavy atom. The summed E-state index contributed by atoms with van der Waals surface area (Å²) in [5, 5.41) is 2.89. The number of hydrogen-bond donors (Lipinski definition) is 1. The number of benzene rings is 3. The van der Waals surface area contributed by atoms with E-state index >= 15 is 0 Å². The second-order valence-corrected chi connectivity index (χ2v) is 11.7. The van der Waals surface area contributed by atoms with E-state index in [1.807, 2.05) is 26.8 Å². The van der Waals surface area contributed by atoms with Gasteiger partial charge in [-0.2, -0.15) is 0 Å². The minimum absolute atomic E-state index is 0.0410. The van der Waals surface area contributed by atoms with Crippen molar-refractivity contribution >= 4 is 27.5 Å². The number of sulfonamides is 1. The highest BCUT2D eigenvalue weighted by atomic mass is 32.2. The number of rotatable bonds is 15. The van der Waals surface area contributed by atoms with Crippen molar-refractivity contribution in [2.24, 2.45) is 0 Å². The van der Waals surface area contributed by atoms with Crippen LogP contribution in [-0.4, -0.2) is 58.0 Å². The molecule has 0 spiro atoms. The van der Waals surface area contributed by atoms with Crippen molar-refractivity contribution in [3.05, 3.63) is 83.9 Å². The molecule has 0 heterocycles. The van der Waals surface area contributed by atoms with Crippen LogP contribution in [0.15, 0.2) is 77.7 Å². The minimum atomic E-state index is -4.21. The molecule has 42 heavy (non-hydrogen) atoms. The van der Waals surface area contributed by atoms with E-state index in [0.717, 1.165) is 21.9 Å². The van der Waals surface area contributed by atoms with Gasteiger partial charge < -0.3 is 19.7 Å². The van der Waals surface area contributed by atoms with Gasteiger partial charge in [0.25, 0.3) is 10.0 Å². The van der Waals surface area contributed by atoms with Crippen molar-refractivity contribution in [2.45, 2.75) is 58.0 Å². The zero-order chi connectivity index (χ0) is 30.7. The van der Waals surface area contributed by atoms with Crippen molar-refractivity contribution in [2.75, 3.05) is 31.1 Å². The molecule has 9 nitrogen and oxygen atoms in total. The molecule has 10 heteroatoms. The lowest BCUT2D eigenvalue weighted by atomic mass is 10.1. The summed E-state index contributed by atoms with van der Waals surface area (Å²) in [7, 11) is -2.65. The Morgan fingerprint density at radius 3 is 2.31 bits per heavy atom. The molecule has 1 atom stereocenters. The lowest BCUT2D eigenvalue weighted by molar-refractivity contribution is -0.140. The van der Waals surface area contributed by atoms with E-state index in [4.69, 9.17) is 9.47 Å². The monoisotopic (exact) mass is 595 g/mol. The third-order valence-electron chi connectivity index (χ3n) is 6.74. The second kappa shape index (κ2) is 15.3. The largest absolute Gasteiger partial charge is 0.497 e. The predicted molar refractivity (Wildman–Crippen MR) is 164 cm³/mol. The molecule has 1 N–H and O–H groups in total. The first-order valence-corrected chi connectivity index (χ1v) is 15.6. The van der Waals surface area contributed by atoms with Gasteiger partial charge in [0, 0.05) is 13.1 Å². The lowest BCUT2D eigenvalue weighted by Crippen LogP contribution is -2.52. The van der Waals surface area contributed by atoms with Crippen molar-refractivity contribution in [1.29, 1.82) is 0 Å². The molecule has 0 bridgehead atoms. The molecule has 0 unspecified atom stereocenters. The Kier molecular flexibility index (Phi) is 11.8. The average molecular weight is 596 g/mol. The Labute approximate surface area is 249 Å². The summed E-state index contributed by atoms with van der Waals surface area (Å²) < 4.78 is 40.4. The molecule has 0 fully saturated rings. The number of amides is 2. The highest BCUT2D eigenvalue weighted by molar-refractivity contribution is 7.92. The lowest BCUT2D eigenvalue weighted by Gasteiger charge is -2.33.